The molecular weight excluding hydrogens is 346 g/mol. The number of nitrogens with zero attached hydrogens (tertiary/aromatic N) is 5. The standard InChI is InChI=1S/C16H16ClN5OS/c1-11-7-8-24-14(11)9-21(2)15(23)10-22-19-16(18-20-22)12-5-3-4-6-13(12)17/h3-8H,9-10H2,1-2H3. The van der Waals surface area contributed by atoms with Crippen LogP contribution in [0.1, 0.15) is 10.4 Å². The summed E-state index contributed by atoms with van der Waals surface area (Å²) in [4.78, 5) is 16.5. The Morgan fingerprint density at radius 2 is 2.12 bits per heavy atom. The van der Waals surface area contributed by atoms with Gasteiger partial charge in [0.1, 0.15) is 6.54 Å². The van der Waals surface area contributed by atoms with E-state index in [1.807, 2.05) is 36.6 Å². The predicted molar refractivity (Wildman–Crippen MR) is 93.8 cm³/mol. The van der Waals surface area contributed by atoms with Crippen molar-refractivity contribution in [2.45, 2.75) is 20.0 Å². The number of hydrogen-bond donors (Lipinski definition) is 0. The molecule has 24 heavy (non-hydrogen) atoms. The summed E-state index contributed by atoms with van der Waals surface area (Å²) in [6.45, 7) is 2.66. The van der Waals surface area contributed by atoms with E-state index in [0.29, 0.717) is 23.0 Å². The van der Waals surface area contributed by atoms with E-state index < -0.39 is 0 Å². The topological polar surface area (TPSA) is 63.9 Å². The maximum atomic E-state index is 12.3. The lowest BCUT2D eigenvalue weighted by atomic mass is 10.2. The summed E-state index contributed by atoms with van der Waals surface area (Å²) in [7, 11) is 1.77. The van der Waals surface area contributed by atoms with Gasteiger partial charge in [-0.25, -0.2) is 0 Å². The van der Waals surface area contributed by atoms with Gasteiger partial charge in [0.05, 0.1) is 11.6 Å². The lowest BCUT2D eigenvalue weighted by Gasteiger charge is -2.16. The molecule has 0 spiro atoms. The molecule has 0 atom stereocenters. The Labute approximate surface area is 148 Å². The highest BCUT2D eigenvalue weighted by molar-refractivity contribution is 7.10. The first-order valence-electron chi connectivity index (χ1n) is 7.34. The summed E-state index contributed by atoms with van der Waals surface area (Å²) in [5.41, 5.74) is 1.89. The molecule has 6 nitrogen and oxygen atoms in total. The number of aromatic nitrogens is 4. The fourth-order valence-corrected chi connectivity index (χ4v) is 3.35. The molecule has 0 bridgehead atoms. The molecule has 0 fully saturated rings. The van der Waals surface area contributed by atoms with Crippen molar-refractivity contribution < 1.29 is 4.79 Å². The molecule has 1 amide bonds. The summed E-state index contributed by atoms with van der Waals surface area (Å²) < 4.78 is 0. The Kier molecular flexibility index (Phi) is 4.92. The van der Waals surface area contributed by atoms with Gasteiger partial charge in [-0.1, -0.05) is 23.7 Å². The first-order chi connectivity index (χ1) is 11.5. The normalized spacial score (nSPS) is 10.8. The highest BCUT2D eigenvalue weighted by Gasteiger charge is 2.15. The molecule has 0 N–H and O–H groups in total. The van der Waals surface area contributed by atoms with Crippen LogP contribution in [0.25, 0.3) is 11.4 Å². The van der Waals surface area contributed by atoms with Crippen LogP contribution < -0.4 is 0 Å². The number of tetrazole rings is 1. The summed E-state index contributed by atoms with van der Waals surface area (Å²) in [5, 5.41) is 14.7. The minimum Gasteiger partial charge on any atom is -0.339 e. The largest absolute Gasteiger partial charge is 0.339 e. The summed E-state index contributed by atoms with van der Waals surface area (Å²) in [6, 6.07) is 9.32. The smallest absolute Gasteiger partial charge is 0.246 e. The average molecular weight is 362 g/mol. The first kappa shape index (κ1) is 16.6. The van der Waals surface area contributed by atoms with Crippen LogP contribution in [0, 0.1) is 6.92 Å². The third-order valence-electron chi connectivity index (χ3n) is 3.62. The monoisotopic (exact) mass is 361 g/mol. The van der Waals surface area contributed by atoms with Crippen LogP contribution in [-0.4, -0.2) is 38.1 Å². The number of carbonyl (C=O) groups is 1. The summed E-state index contributed by atoms with van der Waals surface area (Å²) in [6.07, 6.45) is 0. The highest BCUT2D eigenvalue weighted by atomic mass is 35.5. The van der Waals surface area contributed by atoms with Gasteiger partial charge in [-0.05, 0) is 41.3 Å². The van der Waals surface area contributed by atoms with Crippen LogP contribution in [0.5, 0.6) is 0 Å². The van der Waals surface area contributed by atoms with Gasteiger partial charge < -0.3 is 4.90 Å². The van der Waals surface area contributed by atoms with Crippen molar-refractivity contribution in [2.24, 2.45) is 0 Å². The predicted octanol–water partition coefficient (Wildman–Crippen LogP) is 3.02. The number of halogens is 1. The number of amides is 1. The molecule has 0 radical (unpaired) electrons. The van der Waals surface area contributed by atoms with Crippen LogP contribution in [0.2, 0.25) is 5.02 Å². The van der Waals surface area contributed by atoms with Crippen molar-refractivity contribution in [2.75, 3.05) is 7.05 Å². The maximum absolute atomic E-state index is 12.3. The SMILES string of the molecule is Cc1ccsc1CN(C)C(=O)Cn1nnc(-c2ccccc2Cl)n1. The molecule has 8 heteroatoms. The molecule has 0 saturated heterocycles. The molecule has 3 aromatic rings. The van der Waals surface area contributed by atoms with E-state index in [9.17, 15) is 4.79 Å². The zero-order chi connectivity index (χ0) is 17.1. The maximum Gasteiger partial charge on any atom is 0.246 e. The van der Waals surface area contributed by atoms with Gasteiger partial charge in [-0.15, -0.1) is 21.5 Å². The molecule has 1 aromatic carbocycles. The second-order valence-electron chi connectivity index (χ2n) is 5.40. The fraction of sp³-hybridized carbons (Fsp3) is 0.250. The van der Waals surface area contributed by atoms with Crippen LogP contribution in [0.15, 0.2) is 35.7 Å². The Morgan fingerprint density at radius 3 is 2.83 bits per heavy atom. The van der Waals surface area contributed by atoms with Crippen LogP contribution in [-0.2, 0) is 17.9 Å². The Morgan fingerprint density at radius 1 is 1.33 bits per heavy atom. The molecule has 0 aliphatic carbocycles. The lowest BCUT2D eigenvalue weighted by molar-refractivity contribution is -0.131. The van der Waals surface area contributed by atoms with Crippen LogP contribution in [0.4, 0.5) is 0 Å². The summed E-state index contributed by atoms with van der Waals surface area (Å²) in [5.74, 6) is 0.330. The van der Waals surface area contributed by atoms with Gasteiger partial charge in [0.15, 0.2) is 0 Å². The van der Waals surface area contributed by atoms with E-state index in [1.165, 1.54) is 15.2 Å². The number of rotatable bonds is 5. The molecule has 0 saturated carbocycles. The van der Waals surface area contributed by atoms with E-state index in [0.717, 1.165) is 0 Å². The molecule has 2 aromatic heterocycles. The van der Waals surface area contributed by atoms with Gasteiger partial charge in [0, 0.05) is 17.5 Å². The molecule has 0 aliphatic heterocycles. The van der Waals surface area contributed by atoms with Crippen molar-refractivity contribution in [1.29, 1.82) is 0 Å². The minimum atomic E-state index is -0.0779. The quantitative estimate of drug-likeness (QED) is 0.700. The van der Waals surface area contributed by atoms with E-state index in [-0.39, 0.29) is 12.5 Å². The van der Waals surface area contributed by atoms with Crippen molar-refractivity contribution in [1.82, 2.24) is 25.1 Å². The van der Waals surface area contributed by atoms with Crippen molar-refractivity contribution >= 4 is 28.8 Å². The second-order valence-corrected chi connectivity index (χ2v) is 6.81. The van der Waals surface area contributed by atoms with Gasteiger partial charge in [0.25, 0.3) is 0 Å². The van der Waals surface area contributed by atoms with E-state index in [4.69, 9.17) is 11.6 Å². The number of aryl methyl sites for hydroxylation is 1. The Bertz CT molecular complexity index is 860. The molecule has 2 heterocycles. The van der Waals surface area contributed by atoms with Crippen LogP contribution in [0.3, 0.4) is 0 Å². The minimum absolute atomic E-state index is 0.0401. The molecule has 0 aliphatic rings. The van der Waals surface area contributed by atoms with E-state index in [1.54, 1.807) is 29.4 Å². The molecule has 3 rings (SSSR count). The average Bonchev–Trinajstić information content (AvgIpc) is 3.17. The Hall–Kier alpha value is -2.25. The third-order valence-corrected chi connectivity index (χ3v) is 4.96. The molecule has 124 valence electrons. The Balaban J connectivity index is 1.67. The fourth-order valence-electron chi connectivity index (χ4n) is 2.17. The van der Waals surface area contributed by atoms with Gasteiger partial charge in [-0.3, -0.25) is 4.79 Å². The van der Waals surface area contributed by atoms with Crippen LogP contribution >= 0.6 is 22.9 Å². The van der Waals surface area contributed by atoms with Crippen molar-refractivity contribution in [3.05, 3.63) is 51.2 Å². The summed E-state index contributed by atoms with van der Waals surface area (Å²) >= 11 is 7.77. The molecular formula is C16H16ClN5OS. The van der Waals surface area contributed by atoms with Gasteiger partial charge in [-0.2, -0.15) is 4.80 Å². The van der Waals surface area contributed by atoms with Gasteiger partial charge >= 0.3 is 0 Å². The zero-order valence-corrected chi connectivity index (χ0v) is 14.9. The number of carbonyl (C=O) groups excluding carboxylic acids is 1. The number of thiophene rings is 1. The lowest BCUT2D eigenvalue weighted by Crippen LogP contribution is -2.30. The first-order valence-corrected chi connectivity index (χ1v) is 8.60. The zero-order valence-electron chi connectivity index (χ0n) is 13.3. The van der Waals surface area contributed by atoms with Gasteiger partial charge in [0.2, 0.25) is 11.7 Å². The third kappa shape index (κ3) is 3.63. The van der Waals surface area contributed by atoms with E-state index >= 15 is 0 Å². The van der Waals surface area contributed by atoms with E-state index in [2.05, 4.69) is 15.4 Å². The highest BCUT2D eigenvalue weighted by Crippen LogP contribution is 2.23. The number of likely N-dealkylation sites (N-methyl/N-ethyl adjacent to an activating group) is 1. The second kappa shape index (κ2) is 7.11. The number of benzene rings is 1. The van der Waals surface area contributed by atoms with Crippen molar-refractivity contribution in [3.63, 3.8) is 0 Å². The molecule has 0 unspecified atom stereocenters. The van der Waals surface area contributed by atoms with Crippen molar-refractivity contribution in [3.8, 4) is 11.4 Å². The number of hydrogen-bond acceptors (Lipinski definition) is 5.